The van der Waals surface area contributed by atoms with Crippen molar-refractivity contribution in [2.75, 3.05) is 7.05 Å². The fourth-order valence-corrected chi connectivity index (χ4v) is 4.14. The van der Waals surface area contributed by atoms with Gasteiger partial charge < -0.3 is 10.5 Å². The fraction of sp³-hybridized carbons (Fsp3) is 0.500. The summed E-state index contributed by atoms with van der Waals surface area (Å²) in [5, 5.41) is 0. The quantitative estimate of drug-likeness (QED) is 0.212. The van der Waals surface area contributed by atoms with E-state index in [0.29, 0.717) is 6.42 Å². The van der Waals surface area contributed by atoms with Gasteiger partial charge in [0.15, 0.2) is 0 Å². The molecule has 2 N–H and O–H groups in total. The molecule has 1 aromatic rings. The molecule has 1 unspecified atom stereocenters. The van der Waals surface area contributed by atoms with Crippen molar-refractivity contribution in [3.63, 3.8) is 0 Å². The van der Waals surface area contributed by atoms with Crippen LogP contribution in [0.25, 0.3) is 12.2 Å². The lowest BCUT2D eigenvalue weighted by Crippen LogP contribution is -2.07. The first-order chi connectivity index (χ1) is 19.3. The van der Waals surface area contributed by atoms with Gasteiger partial charge in [0, 0.05) is 0 Å². The minimum atomic E-state index is -0.958. The molecule has 0 amide bonds. The summed E-state index contributed by atoms with van der Waals surface area (Å²) in [5.74, 6) is 1.65. The highest BCUT2D eigenvalue weighted by molar-refractivity contribution is 5.71. The first kappa shape index (κ1) is 42.5. The number of carbonyl (C=O) groups excluding carboxylic acids is 1. The zero-order chi connectivity index (χ0) is 32.8. The lowest BCUT2D eigenvalue weighted by atomic mass is 9.92. The molecule has 1 saturated carbocycles. The number of alkyl halides is 1. The van der Waals surface area contributed by atoms with Crippen LogP contribution in [-0.4, -0.2) is 19.0 Å². The summed E-state index contributed by atoms with van der Waals surface area (Å²) in [6.45, 7) is 27.3. The molecule has 3 rings (SSSR count). The average Bonchev–Trinajstić information content (AvgIpc) is 3.73. The molecule has 2 aliphatic rings. The summed E-state index contributed by atoms with van der Waals surface area (Å²) in [6, 6.07) is 2.38. The average molecular weight is 566 g/mol. The predicted molar refractivity (Wildman–Crippen MR) is 185 cm³/mol. The van der Waals surface area contributed by atoms with E-state index in [1.807, 2.05) is 39.8 Å². The first-order valence-corrected chi connectivity index (χ1v) is 14.7. The molecular weight excluding hydrogens is 505 g/mol. The normalized spacial score (nSPS) is 15.4. The molecule has 0 aromatic heterocycles. The molecule has 3 heteroatoms. The van der Waals surface area contributed by atoms with Crippen LogP contribution in [0, 0.1) is 31.6 Å². The van der Waals surface area contributed by atoms with Crippen LogP contribution in [0.15, 0.2) is 54.2 Å². The Morgan fingerprint density at radius 2 is 1.63 bits per heavy atom. The van der Waals surface area contributed by atoms with Gasteiger partial charge in [-0.2, -0.15) is 0 Å². The van der Waals surface area contributed by atoms with Gasteiger partial charge in [-0.15, -0.1) is 12.8 Å². The number of benzene rings is 1. The third kappa shape index (κ3) is 18.2. The van der Waals surface area contributed by atoms with Gasteiger partial charge in [-0.05, 0) is 140 Å². The molecule has 0 radical (unpaired) electrons. The summed E-state index contributed by atoms with van der Waals surface area (Å²) in [6.07, 6.45) is 25.2. The Kier molecular flexibility index (Phi) is 24.6. The lowest BCUT2D eigenvalue weighted by molar-refractivity contribution is -0.106. The van der Waals surface area contributed by atoms with Crippen LogP contribution in [0.5, 0.6) is 0 Å². The molecule has 1 atom stereocenters. The zero-order valence-electron chi connectivity index (χ0n) is 28.2. The van der Waals surface area contributed by atoms with E-state index >= 15 is 0 Å². The van der Waals surface area contributed by atoms with E-state index in [0.717, 1.165) is 23.7 Å². The molecule has 1 aromatic carbocycles. The van der Waals surface area contributed by atoms with E-state index in [1.165, 1.54) is 61.9 Å². The van der Waals surface area contributed by atoms with Crippen molar-refractivity contribution in [1.29, 1.82) is 0 Å². The highest BCUT2D eigenvalue weighted by Gasteiger charge is 2.25. The maximum Gasteiger partial charge on any atom is 0.116 e. The number of aldehydes is 1. The fourth-order valence-electron chi connectivity index (χ4n) is 4.14. The smallest absolute Gasteiger partial charge is 0.116 e. The Morgan fingerprint density at radius 3 is 1.95 bits per heavy atom. The van der Waals surface area contributed by atoms with Crippen molar-refractivity contribution in [1.82, 2.24) is 0 Å². The minimum absolute atomic E-state index is 0.604. The minimum Gasteiger partial charge on any atom is -0.333 e. The standard InChI is InChI=1S/C19H24.C9H14.C5H11F.C2H4O.C2H2.CH5N/c1-5-15-11-17-8-12(2)9-18(17)14(4)19(15)10-13(3)16-6-7-16;1-5-7-9(6-2)8(3)4;1-4-5(2,3)6;1-2-3;2*1-2/h5,10-12,16H,1,6-9H2,2-4H3;5-7H,3H2,1-2,4H3;4H2,1-3H3;2H,1H3;1-2H;2H2,1H3/b13-10+;7-5-,9-6+;;;;. The molecule has 230 valence electrons. The predicted octanol–water partition coefficient (Wildman–Crippen LogP) is 10.4. The first-order valence-electron chi connectivity index (χ1n) is 14.7. The SMILES string of the molecule is C#C.C=C(C)C(/C=C\C)=C/C.C=Cc1cc2c(c(C)c1/C=C(\C)C1CC1)CC(C)C2.CC=O.CCC(C)(C)F.CN. The molecule has 2 aliphatic carbocycles. The second-order valence-corrected chi connectivity index (χ2v) is 10.9. The summed E-state index contributed by atoms with van der Waals surface area (Å²) in [7, 11) is 1.50. The molecule has 0 heterocycles. The summed E-state index contributed by atoms with van der Waals surface area (Å²) < 4.78 is 12.1. The van der Waals surface area contributed by atoms with Crippen LogP contribution in [0.1, 0.15) is 109 Å². The maximum absolute atomic E-state index is 12.1. The number of hydrogen-bond donors (Lipinski definition) is 1. The van der Waals surface area contributed by atoms with Crippen molar-refractivity contribution < 1.29 is 9.18 Å². The largest absolute Gasteiger partial charge is 0.333 e. The molecule has 1 fully saturated rings. The molecule has 0 aliphatic heterocycles. The van der Waals surface area contributed by atoms with Gasteiger partial charge in [-0.3, -0.25) is 0 Å². The van der Waals surface area contributed by atoms with Gasteiger partial charge in [0.25, 0.3) is 0 Å². The van der Waals surface area contributed by atoms with Crippen LogP contribution < -0.4 is 5.73 Å². The second-order valence-electron chi connectivity index (χ2n) is 10.9. The summed E-state index contributed by atoms with van der Waals surface area (Å²) in [4.78, 5) is 8.81. The highest BCUT2D eigenvalue weighted by atomic mass is 19.1. The van der Waals surface area contributed by atoms with Crippen LogP contribution in [0.4, 0.5) is 4.39 Å². The van der Waals surface area contributed by atoms with Crippen LogP contribution in [-0.2, 0) is 17.6 Å². The topological polar surface area (TPSA) is 43.1 Å². The summed E-state index contributed by atoms with van der Waals surface area (Å²) >= 11 is 0. The number of halogens is 1. The number of terminal acetylenes is 1. The van der Waals surface area contributed by atoms with Crippen molar-refractivity contribution >= 4 is 18.4 Å². The van der Waals surface area contributed by atoms with Gasteiger partial charge in [-0.1, -0.05) is 74.6 Å². The molecule has 0 spiro atoms. The van der Waals surface area contributed by atoms with E-state index in [4.69, 9.17) is 4.79 Å². The van der Waals surface area contributed by atoms with Crippen molar-refractivity contribution in [2.24, 2.45) is 17.6 Å². The second kappa shape index (κ2) is 23.7. The third-order valence-electron chi connectivity index (χ3n) is 6.81. The number of rotatable bonds is 6. The summed E-state index contributed by atoms with van der Waals surface area (Å²) in [5.41, 5.74) is 14.8. The zero-order valence-corrected chi connectivity index (χ0v) is 28.2. The number of nitrogens with two attached hydrogens (primary N) is 1. The Bertz CT molecular complexity index is 1030. The van der Waals surface area contributed by atoms with Crippen LogP contribution in [0.3, 0.4) is 0 Å². The highest BCUT2D eigenvalue weighted by Crippen LogP contribution is 2.39. The molecule has 2 nitrogen and oxygen atoms in total. The van der Waals surface area contributed by atoms with Gasteiger partial charge >= 0.3 is 0 Å². The van der Waals surface area contributed by atoms with E-state index in [-0.39, 0.29) is 0 Å². The molecule has 41 heavy (non-hydrogen) atoms. The van der Waals surface area contributed by atoms with E-state index in [2.05, 4.69) is 76.8 Å². The van der Waals surface area contributed by atoms with E-state index in [9.17, 15) is 4.39 Å². The maximum atomic E-state index is 12.1. The van der Waals surface area contributed by atoms with Crippen LogP contribution in [0.2, 0.25) is 0 Å². The van der Waals surface area contributed by atoms with Crippen LogP contribution >= 0.6 is 0 Å². The van der Waals surface area contributed by atoms with Gasteiger partial charge in [0.1, 0.15) is 12.0 Å². The molecule has 0 saturated heterocycles. The van der Waals surface area contributed by atoms with E-state index < -0.39 is 5.67 Å². The Labute approximate surface area is 253 Å². The Morgan fingerprint density at radius 1 is 1.15 bits per heavy atom. The number of carbonyl (C=O) groups is 1. The third-order valence-corrected chi connectivity index (χ3v) is 6.81. The monoisotopic (exact) mass is 565 g/mol. The van der Waals surface area contributed by atoms with Gasteiger partial charge in [0.2, 0.25) is 0 Å². The molecular formula is C38H60FNO. The number of allylic oxidation sites excluding steroid dienone is 6. The van der Waals surface area contributed by atoms with Crippen molar-refractivity contribution in [3.8, 4) is 12.8 Å². The van der Waals surface area contributed by atoms with Gasteiger partial charge in [0.05, 0.1) is 0 Å². The van der Waals surface area contributed by atoms with E-state index in [1.54, 1.807) is 30.5 Å². The Hall–Kier alpha value is -2.96. The lowest BCUT2D eigenvalue weighted by Gasteiger charge is -2.13. The van der Waals surface area contributed by atoms with Crippen molar-refractivity contribution in [2.45, 2.75) is 107 Å². The number of hydrogen-bond acceptors (Lipinski definition) is 2. The molecule has 0 bridgehead atoms. The van der Waals surface area contributed by atoms with Gasteiger partial charge in [-0.25, -0.2) is 4.39 Å². The Balaban J connectivity index is -0.000000552. The van der Waals surface area contributed by atoms with Crippen molar-refractivity contribution in [3.05, 3.63) is 82.0 Å². The number of fused-ring (bicyclic) bond motifs is 1.